The number of carbonyl (C=O) groups is 1. The van der Waals surface area contributed by atoms with Gasteiger partial charge < -0.3 is 21.1 Å². The summed E-state index contributed by atoms with van der Waals surface area (Å²) < 4.78 is 5.47. The predicted octanol–water partition coefficient (Wildman–Crippen LogP) is 1.70. The van der Waals surface area contributed by atoms with Crippen LogP contribution in [0.4, 0.5) is 4.79 Å². The quantitative estimate of drug-likeness (QED) is 0.760. The highest BCUT2D eigenvalue weighted by Crippen LogP contribution is 2.39. The third kappa shape index (κ3) is 4.99. The van der Waals surface area contributed by atoms with Crippen molar-refractivity contribution in [3.05, 3.63) is 0 Å². The van der Waals surface area contributed by atoms with E-state index in [1.165, 1.54) is 19.9 Å². The molecule has 4 N–H and O–H groups in total. The lowest BCUT2D eigenvalue weighted by molar-refractivity contribution is 0.00540. The number of amides is 1. The van der Waals surface area contributed by atoms with E-state index in [1.807, 2.05) is 25.7 Å². The molecule has 1 aliphatic carbocycles. The minimum absolute atomic E-state index is 0.165. The number of rotatable bonds is 1. The summed E-state index contributed by atoms with van der Waals surface area (Å²) in [7, 11) is 1.50. The van der Waals surface area contributed by atoms with E-state index in [0.717, 1.165) is 19.4 Å². The van der Waals surface area contributed by atoms with Crippen molar-refractivity contribution in [3.63, 3.8) is 0 Å². The maximum absolute atomic E-state index is 12.1. The molecular formula is C14H29N3O2. The fourth-order valence-electron chi connectivity index (χ4n) is 2.50. The van der Waals surface area contributed by atoms with E-state index in [2.05, 4.69) is 5.73 Å². The molecule has 2 fully saturated rings. The Bertz CT molecular complexity index is 298. The molecule has 1 heterocycles. The minimum Gasteiger partial charge on any atom is -0.444 e. The van der Waals surface area contributed by atoms with Crippen molar-refractivity contribution in [1.82, 2.24) is 4.90 Å². The van der Waals surface area contributed by atoms with Crippen LogP contribution in [0.5, 0.6) is 0 Å². The Morgan fingerprint density at radius 2 is 1.79 bits per heavy atom. The molecule has 2 rings (SSSR count). The summed E-state index contributed by atoms with van der Waals surface area (Å²) in [5.74, 6) is 0.661. The van der Waals surface area contributed by atoms with Crippen LogP contribution >= 0.6 is 0 Å². The molecule has 0 aromatic rings. The van der Waals surface area contributed by atoms with Crippen molar-refractivity contribution < 1.29 is 9.53 Å². The van der Waals surface area contributed by atoms with Gasteiger partial charge in [0.15, 0.2) is 0 Å². The van der Waals surface area contributed by atoms with Gasteiger partial charge in [0, 0.05) is 18.6 Å². The summed E-state index contributed by atoms with van der Waals surface area (Å²) in [6.07, 6.45) is 4.13. The number of piperidine rings is 1. The van der Waals surface area contributed by atoms with E-state index in [4.69, 9.17) is 10.5 Å². The summed E-state index contributed by atoms with van der Waals surface area (Å²) in [5, 5.41) is 0. The molecule has 0 aromatic carbocycles. The second kappa shape index (κ2) is 6.57. The average molecular weight is 271 g/mol. The minimum atomic E-state index is -0.412. The fraction of sp³-hybridized carbons (Fsp3) is 0.929. The maximum Gasteiger partial charge on any atom is 0.410 e. The first-order valence-corrected chi connectivity index (χ1v) is 7.20. The summed E-state index contributed by atoms with van der Waals surface area (Å²) >= 11 is 0. The van der Waals surface area contributed by atoms with Gasteiger partial charge in [-0.15, -0.1) is 0 Å². The van der Waals surface area contributed by atoms with Gasteiger partial charge in [0.2, 0.25) is 0 Å². The van der Waals surface area contributed by atoms with Gasteiger partial charge in [-0.25, -0.2) is 4.79 Å². The average Bonchev–Trinajstić information content (AvgIpc) is 3.13. The highest BCUT2D eigenvalue weighted by Gasteiger charge is 2.41. The number of likely N-dealkylation sites (tertiary alicyclic amines) is 1. The van der Waals surface area contributed by atoms with Crippen molar-refractivity contribution in [3.8, 4) is 0 Å². The van der Waals surface area contributed by atoms with Crippen molar-refractivity contribution in [2.45, 2.75) is 64.1 Å². The van der Waals surface area contributed by atoms with E-state index < -0.39 is 5.60 Å². The summed E-state index contributed by atoms with van der Waals surface area (Å²) in [6, 6.07) is 0.563. The zero-order valence-electron chi connectivity index (χ0n) is 12.7. The zero-order chi connectivity index (χ0) is 14.6. The Kier molecular flexibility index (Phi) is 5.62. The Labute approximate surface area is 116 Å². The molecule has 2 aliphatic rings. The Hall–Kier alpha value is -0.810. The summed E-state index contributed by atoms with van der Waals surface area (Å²) in [6.45, 7) is 6.48. The lowest BCUT2D eigenvalue weighted by Crippen LogP contribution is -2.52. The van der Waals surface area contributed by atoms with Crippen LogP contribution in [0.3, 0.4) is 0 Å². The van der Waals surface area contributed by atoms with Crippen LogP contribution in [0.15, 0.2) is 0 Å². The first-order valence-electron chi connectivity index (χ1n) is 7.20. The molecule has 0 radical (unpaired) electrons. The molecule has 19 heavy (non-hydrogen) atoms. The third-order valence-corrected chi connectivity index (χ3v) is 3.48. The van der Waals surface area contributed by atoms with Gasteiger partial charge in [-0.1, -0.05) is 0 Å². The molecule has 0 bridgehead atoms. The number of nitrogens with two attached hydrogens (primary N) is 2. The van der Waals surface area contributed by atoms with E-state index in [9.17, 15) is 4.79 Å². The normalized spacial score (nSPS) is 27.4. The van der Waals surface area contributed by atoms with Crippen LogP contribution in [0, 0.1) is 5.92 Å². The first-order chi connectivity index (χ1) is 8.87. The molecule has 2 atom stereocenters. The maximum atomic E-state index is 12.1. The van der Waals surface area contributed by atoms with Crippen molar-refractivity contribution in [2.24, 2.45) is 17.4 Å². The van der Waals surface area contributed by atoms with E-state index in [0.29, 0.717) is 12.0 Å². The summed E-state index contributed by atoms with van der Waals surface area (Å²) in [4.78, 5) is 14.0. The largest absolute Gasteiger partial charge is 0.444 e. The van der Waals surface area contributed by atoms with E-state index in [-0.39, 0.29) is 12.1 Å². The molecule has 1 aliphatic heterocycles. The number of hydrogen-bond acceptors (Lipinski definition) is 4. The topological polar surface area (TPSA) is 81.6 Å². The van der Waals surface area contributed by atoms with Crippen LogP contribution in [-0.4, -0.2) is 42.3 Å². The SMILES string of the molecule is CC(C)(C)OC(=O)N1CCC(N)CC1C1CC1.CN. The van der Waals surface area contributed by atoms with Gasteiger partial charge in [-0.05, 0) is 59.4 Å². The van der Waals surface area contributed by atoms with Gasteiger partial charge in [-0.3, -0.25) is 0 Å². The smallest absolute Gasteiger partial charge is 0.410 e. The molecule has 5 nitrogen and oxygen atoms in total. The molecule has 112 valence electrons. The number of hydrogen-bond donors (Lipinski definition) is 2. The van der Waals surface area contributed by atoms with Crippen molar-refractivity contribution >= 4 is 6.09 Å². The van der Waals surface area contributed by atoms with Crippen LogP contribution in [0.2, 0.25) is 0 Å². The molecular weight excluding hydrogens is 242 g/mol. The molecule has 1 saturated carbocycles. The Balaban J connectivity index is 0.000000861. The lowest BCUT2D eigenvalue weighted by atomic mass is 9.95. The van der Waals surface area contributed by atoms with Crippen LogP contribution in [0.1, 0.15) is 46.5 Å². The predicted molar refractivity (Wildman–Crippen MR) is 76.8 cm³/mol. The zero-order valence-corrected chi connectivity index (χ0v) is 12.7. The van der Waals surface area contributed by atoms with Gasteiger partial charge in [0.25, 0.3) is 0 Å². The molecule has 5 heteroatoms. The van der Waals surface area contributed by atoms with Gasteiger partial charge in [0.1, 0.15) is 5.60 Å². The van der Waals surface area contributed by atoms with Gasteiger partial charge >= 0.3 is 6.09 Å². The Morgan fingerprint density at radius 1 is 1.21 bits per heavy atom. The van der Waals surface area contributed by atoms with E-state index in [1.54, 1.807) is 0 Å². The molecule has 0 aromatic heterocycles. The summed E-state index contributed by atoms with van der Waals surface area (Å²) in [5.41, 5.74) is 10.1. The molecule has 2 unspecified atom stereocenters. The molecule has 1 saturated heterocycles. The molecule has 1 amide bonds. The van der Waals surface area contributed by atoms with Gasteiger partial charge in [0.05, 0.1) is 0 Å². The van der Waals surface area contributed by atoms with Crippen LogP contribution in [0.25, 0.3) is 0 Å². The highest BCUT2D eigenvalue weighted by atomic mass is 16.6. The third-order valence-electron chi connectivity index (χ3n) is 3.48. The first kappa shape index (κ1) is 16.2. The van der Waals surface area contributed by atoms with E-state index >= 15 is 0 Å². The fourth-order valence-corrected chi connectivity index (χ4v) is 2.50. The van der Waals surface area contributed by atoms with Crippen LogP contribution < -0.4 is 11.5 Å². The standard InChI is InChI=1S/C13H24N2O2.CH5N/c1-13(2,3)17-12(16)15-7-6-10(14)8-11(15)9-4-5-9;1-2/h9-11H,4-8,14H2,1-3H3;2H2,1H3. The Morgan fingerprint density at radius 3 is 2.26 bits per heavy atom. The monoisotopic (exact) mass is 271 g/mol. The highest BCUT2D eigenvalue weighted by molar-refractivity contribution is 5.68. The molecule has 0 spiro atoms. The number of carbonyl (C=O) groups excluding carboxylic acids is 1. The number of nitrogens with zero attached hydrogens (tertiary/aromatic N) is 1. The number of ether oxygens (including phenoxy) is 1. The van der Waals surface area contributed by atoms with Gasteiger partial charge in [-0.2, -0.15) is 0 Å². The van der Waals surface area contributed by atoms with Crippen molar-refractivity contribution in [2.75, 3.05) is 13.6 Å². The van der Waals surface area contributed by atoms with Crippen molar-refractivity contribution in [1.29, 1.82) is 0 Å². The lowest BCUT2D eigenvalue weighted by Gasteiger charge is -2.39. The van der Waals surface area contributed by atoms with Crippen LogP contribution in [-0.2, 0) is 4.74 Å². The second-order valence-electron chi connectivity index (χ2n) is 6.36. The second-order valence-corrected chi connectivity index (χ2v) is 6.36.